The van der Waals surface area contributed by atoms with Crippen LogP contribution in [0, 0.1) is 0 Å². The minimum absolute atomic E-state index is 0.135. The molecule has 156 valence electrons. The van der Waals surface area contributed by atoms with Crippen LogP contribution in [0.3, 0.4) is 0 Å². The van der Waals surface area contributed by atoms with Crippen LogP contribution in [0.4, 0.5) is 5.95 Å². The first kappa shape index (κ1) is 20.7. The summed E-state index contributed by atoms with van der Waals surface area (Å²) in [6.45, 7) is 1.67. The molecule has 8 heteroatoms. The normalized spacial score (nSPS) is 10.9. The minimum Gasteiger partial charge on any atom is -0.296 e. The topological polar surface area (TPSA) is 89.8 Å². The molecule has 7 nitrogen and oxygen atoms in total. The lowest BCUT2D eigenvalue weighted by atomic mass is 10.0. The SMILES string of the molecule is CC(=O)Nc1nc2nc(-c3ccccc3)c(-c3ccccc3)nc2c(=O)n1CCCCl. The van der Waals surface area contributed by atoms with Crippen molar-refractivity contribution in [1.82, 2.24) is 19.5 Å². The number of halogens is 1. The van der Waals surface area contributed by atoms with Gasteiger partial charge in [-0.1, -0.05) is 60.7 Å². The van der Waals surface area contributed by atoms with E-state index in [-0.39, 0.29) is 28.6 Å². The van der Waals surface area contributed by atoms with Gasteiger partial charge in [0.25, 0.3) is 5.56 Å². The van der Waals surface area contributed by atoms with E-state index < -0.39 is 0 Å². The van der Waals surface area contributed by atoms with Crippen molar-refractivity contribution >= 4 is 34.6 Å². The van der Waals surface area contributed by atoms with E-state index in [1.807, 2.05) is 60.7 Å². The van der Waals surface area contributed by atoms with Gasteiger partial charge in [0, 0.05) is 30.5 Å². The summed E-state index contributed by atoms with van der Waals surface area (Å²) < 4.78 is 1.39. The molecule has 1 amide bonds. The van der Waals surface area contributed by atoms with E-state index >= 15 is 0 Å². The van der Waals surface area contributed by atoms with Crippen LogP contribution in [0.25, 0.3) is 33.7 Å². The largest absolute Gasteiger partial charge is 0.296 e. The Morgan fingerprint density at radius 1 is 0.935 bits per heavy atom. The van der Waals surface area contributed by atoms with E-state index in [2.05, 4.69) is 10.3 Å². The molecule has 0 atom stereocenters. The highest BCUT2D eigenvalue weighted by Gasteiger charge is 2.19. The molecule has 4 rings (SSSR count). The van der Waals surface area contributed by atoms with Crippen LogP contribution >= 0.6 is 11.6 Å². The summed E-state index contributed by atoms with van der Waals surface area (Å²) in [6, 6.07) is 19.2. The van der Waals surface area contributed by atoms with Crippen LogP contribution in [-0.2, 0) is 11.3 Å². The zero-order valence-electron chi connectivity index (χ0n) is 16.9. The summed E-state index contributed by atoms with van der Waals surface area (Å²) in [6.07, 6.45) is 0.544. The van der Waals surface area contributed by atoms with Gasteiger partial charge in [0.2, 0.25) is 11.9 Å². The third kappa shape index (κ3) is 4.32. The number of hydrogen-bond donors (Lipinski definition) is 1. The van der Waals surface area contributed by atoms with Gasteiger partial charge in [-0.3, -0.25) is 19.5 Å². The average molecular weight is 434 g/mol. The van der Waals surface area contributed by atoms with Crippen LogP contribution < -0.4 is 10.9 Å². The maximum atomic E-state index is 13.3. The number of nitrogens with one attached hydrogen (secondary N) is 1. The Labute approximate surface area is 183 Å². The second-order valence-electron chi connectivity index (χ2n) is 6.94. The number of anilines is 1. The van der Waals surface area contributed by atoms with Crippen LogP contribution in [0.15, 0.2) is 65.5 Å². The number of aromatic nitrogens is 4. The van der Waals surface area contributed by atoms with E-state index in [0.717, 1.165) is 11.1 Å². The summed E-state index contributed by atoms with van der Waals surface area (Å²) in [5.41, 5.74) is 2.84. The Kier molecular flexibility index (Phi) is 6.04. The number of benzene rings is 2. The number of rotatable bonds is 6. The molecule has 2 aromatic carbocycles. The molecule has 2 aromatic heterocycles. The summed E-state index contributed by atoms with van der Waals surface area (Å²) in [5.74, 6) is 0.177. The Bertz CT molecular complexity index is 1290. The maximum Gasteiger partial charge on any atom is 0.283 e. The maximum absolute atomic E-state index is 13.3. The Hall–Kier alpha value is -3.58. The first-order valence-electron chi connectivity index (χ1n) is 9.85. The van der Waals surface area contributed by atoms with E-state index in [4.69, 9.17) is 21.6 Å². The number of fused-ring (bicyclic) bond motifs is 1. The van der Waals surface area contributed by atoms with Crippen molar-refractivity contribution in [3.05, 3.63) is 71.0 Å². The smallest absolute Gasteiger partial charge is 0.283 e. The summed E-state index contributed by atoms with van der Waals surface area (Å²) in [7, 11) is 0. The molecular weight excluding hydrogens is 414 g/mol. The van der Waals surface area contributed by atoms with Crippen molar-refractivity contribution in [3.8, 4) is 22.5 Å². The Balaban J connectivity index is 2.03. The third-order valence-corrected chi connectivity index (χ3v) is 4.96. The minimum atomic E-state index is -0.372. The molecule has 0 radical (unpaired) electrons. The lowest BCUT2D eigenvalue weighted by molar-refractivity contribution is -0.114. The van der Waals surface area contributed by atoms with Crippen LogP contribution in [0.5, 0.6) is 0 Å². The molecule has 0 fully saturated rings. The molecule has 0 aliphatic heterocycles. The van der Waals surface area contributed by atoms with Crippen LogP contribution in [-0.4, -0.2) is 31.3 Å². The van der Waals surface area contributed by atoms with Crippen molar-refractivity contribution < 1.29 is 4.79 Å². The van der Waals surface area contributed by atoms with Gasteiger partial charge in [-0.15, -0.1) is 11.6 Å². The zero-order valence-corrected chi connectivity index (χ0v) is 17.6. The van der Waals surface area contributed by atoms with Crippen LogP contribution in [0.1, 0.15) is 13.3 Å². The number of hydrogen-bond acceptors (Lipinski definition) is 5. The van der Waals surface area contributed by atoms with Crippen molar-refractivity contribution in [2.24, 2.45) is 0 Å². The highest BCUT2D eigenvalue weighted by molar-refractivity contribution is 6.17. The fraction of sp³-hybridized carbons (Fsp3) is 0.174. The standard InChI is InChI=1S/C23H20ClN5O2/c1-15(30)25-23-28-21-20(22(31)29(23)14-8-13-24)26-18(16-9-4-2-5-10-16)19(27-21)17-11-6-3-7-12-17/h2-7,9-12H,8,13-14H2,1H3,(H,25,27,28,30). The van der Waals surface area contributed by atoms with E-state index in [0.29, 0.717) is 30.2 Å². The van der Waals surface area contributed by atoms with Gasteiger partial charge in [0.05, 0.1) is 11.4 Å². The molecule has 0 aliphatic rings. The first-order valence-corrected chi connectivity index (χ1v) is 10.4. The molecule has 0 bridgehead atoms. The van der Waals surface area contributed by atoms with Gasteiger partial charge in [0.1, 0.15) is 0 Å². The molecule has 0 saturated carbocycles. The number of nitrogens with zero attached hydrogens (tertiary/aromatic N) is 4. The predicted molar refractivity (Wildman–Crippen MR) is 122 cm³/mol. The lowest BCUT2D eigenvalue weighted by Gasteiger charge is -2.14. The van der Waals surface area contributed by atoms with E-state index in [1.165, 1.54) is 11.5 Å². The second-order valence-corrected chi connectivity index (χ2v) is 7.32. The highest BCUT2D eigenvalue weighted by Crippen LogP contribution is 2.30. The number of amides is 1. The molecule has 4 aromatic rings. The number of carbonyl (C=O) groups is 1. The van der Waals surface area contributed by atoms with Gasteiger partial charge in [-0.2, -0.15) is 4.98 Å². The zero-order chi connectivity index (χ0) is 21.8. The second kappa shape index (κ2) is 9.06. The monoisotopic (exact) mass is 433 g/mol. The molecule has 1 N–H and O–H groups in total. The molecule has 31 heavy (non-hydrogen) atoms. The summed E-state index contributed by atoms with van der Waals surface area (Å²) in [5, 5.41) is 2.62. The number of carbonyl (C=O) groups excluding carboxylic acids is 1. The molecule has 0 aliphatic carbocycles. The number of alkyl halides is 1. The molecular formula is C23H20ClN5O2. The molecule has 0 unspecified atom stereocenters. The van der Waals surface area contributed by atoms with E-state index in [9.17, 15) is 9.59 Å². The van der Waals surface area contributed by atoms with Crippen LogP contribution in [0.2, 0.25) is 0 Å². The van der Waals surface area contributed by atoms with Gasteiger partial charge in [0.15, 0.2) is 11.2 Å². The average Bonchev–Trinajstić information content (AvgIpc) is 2.79. The van der Waals surface area contributed by atoms with Crippen molar-refractivity contribution in [2.45, 2.75) is 19.9 Å². The van der Waals surface area contributed by atoms with E-state index in [1.54, 1.807) is 0 Å². The summed E-state index contributed by atoms with van der Waals surface area (Å²) in [4.78, 5) is 38.9. The fourth-order valence-electron chi connectivity index (χ4n) is 3.31. The summed E-state index contributed by atoms with van der Waals surface area (Å²) >= 11 is 5.82. The van der Waals surface area contributed by atoms with Crippen molar-refractivity contribution in [3.63, 3.8) is 0 Å². The van der Waals surface area contributed by atoms with Gasteiger partial charge in [-0.05, 0) is 6.42 Å². The Morgan fingerprint density at radius 2 is 1.52 bits per heavy atom. The third-order valence-electron chi connectivity index (χ3n) is 4.69. The Morgan fingerprint density at radius 3 is 2.06 bits per heavy atom. The molecule has 2 heterocycles. The van der Waals surface area contributed by atoms with Gasteiger partial charge >= 0.3 is 0 Å². The highest BCUT2D eigenvalue weighted by atomic mass is 35.5. The molecule has 0 saturated heterocycles. The van der Waals surface area contributed by atoms with Gasteiger partial charge in [-0.25, -0.2) is 9.97 Å². The predicted octanol–water partition coefficient (Wildman–Crippen LogP) is 4.11. The first-order chi connectivity index (χ1) is 15.1. The van der Waals surface area contributed by atoms with Gasteiger partial charge < -0.3 is 0 Å². The van der Waals surface area contributed by atoms with Crippen molar-refractivity contribution in [1.29, 1.82) is 0 Å². The quantitative estimate of drug-likeness (QED) is 0.462. The molecule has 0 spiro atoms. The fourth-order valence-corrected chi connectivity index (χ4v) is 3.42. The van der Waals surface area contributed by atoms with Crippen molar-refractivity contribution in [2.75, 3.05) is 11.2 Å². The lowest BCUT2D eigenvalue weighted by Crippen LogP contribution is -2.28.